The van der Waals surface area contributed by atoms with Gasteiger partial charge in [0, 0.05) is 12.6 Å². The first kappa shape index (κ1) is 11.9. The molecule has 0 heterocycles. The lowest BCUT2D eigenvalue weighted by Crippen LogP contribution is -2.34. The molecule has 0 atom stereocenters. The number of hydrogen-bond donors (Lipinski definition) is 2. The molecule has 1 fully saturated rings. The van der Waals surface area contributed by atoms with Crippen LogP contribution >= 0.6 is 0 Å². The first-order valence-corrected chi connectivity index (χ1v) is 7.03. The van der Waals surface area contributed by atoms with E-state index in [1.54, 1.807) is 0 Å². The molecule has 0 spiro atoms. The molecule has 5 heteroatoms. The molecule has 4 nitrogen and oxygen atoms in total. The summed E-state index contributed by atoms with van der Waals surface area (Å²) < 4.78 is 21.4. The zero-order valence-electron chi connectivity index (χ0n) is 8.54. The van der Waals surface area contributed by atoms with Crippen molar-refractivity contribution in [2.75, 3.05) is 12.3 Å². The predicted molar refractivity (Wildman–Crippen MR) is 57.5 cm³/mol. The Kier molecular flexibility index (Phi) is 4.84. The lowest BCUT2D eigenvalue weighted by Gasteiger charge is -2.15. The molecule has 3 N–H and O–H groups in total. The van der Waals surface area contributed by atoms with Gasteiger partial charge >= 0.3 is 0 Å². The van der Waals surface area contributed by atoms with E-state index < -0.39 is 10.0 Å². The standard InChI is InChI=1S/C9H20N2O2S/c10-14(12,13)8-7-11-9-5-3-1-2-4-6-9/h9,11H,1-8H2,(H2,10,12,13). The Morgan fingerprint density at radius 2 is 1.71 bits per heavy atom. The summed E-state index contributed by atoms with van der Waals surface area (Å²) in [4.78, 5) is 0. The van der Waals surface area contributed by atoms with E-state index >= 15 is 0 Å². The third-order valence-electron chi connectivity index (χ3n) is 2.67. The molecule has 1 saturated carbocycles. The van der Waals surface area contributed by atoms with E-state index in [4.69, 9.17) is 5.14 Å². The molecule has 0 unspecified atom stereocenters. The summed E-state index contributed by atoms with van der Waals surface area (Å²) >= 11 is 0. The fraction of sp³-hybridized carbons (Fsp3) is 1.00. The minimum atomic E-state index is -3.30. The quantitative estimate of drug-likeness (QED) is 0.681. The van der Waals surface area contributed by atoms with Gasteiger partial charge in [0.25, 0.3) is 0 Å². The van der Waals surface area contributed by atoms with Gasteiger partial charge in [-0.05, 0) is 12.8 Å². The van der Waals surface area contributed by atoms with Crippen molar-refractivity contribution in [3.05, 3.63) is 0 Å². The number of rotatable bonds is 4. The van der Waals surface area contributed by atoms with Gasteiger partial charge in [0.1, 0.15) is 0 Å². The highest BCUT2D eigenvalue weighted by Crippen LogP contribution is 2.16. The van der Waals surface area contributed by atoms with Crippen molar-refractivity contribution in [2.45, 2.75) is 44.6 Å². The molecule has 0 aromatic carbocycles. The zero-order valence-corrected chi connectivity index (χ0v) is 9.35. The van der Waals surface area contributed by atoms with E-state index in [0.717, 1.165) is 0 Å². The monoisotopic (exact) mass is 220 g/mol. The number of nitrogens with one attached hydrogen (secondary N) is 1. The smallest absolute Gasteiger partial charge is 0.210 e. The van der Waals surface area contributed by atoms with Crippen LogP contribution in [-0.4, -0.2) is 26.8 Å². The maximum Gasteiger partial charge on any atom is 0.210 e. The fourth-order valence-electron chi connectivity index (χ4n) is 1.89. The Hall–Kier alpha value is -0.130. The van der Waals surface area contributed by atoms with Gasteiger partial charge in [0.15, 0.2) is 0 Å². The average Bonchev–Trinajstić information content (AvgIpc) is 2.30. The molecule has 84 valence electrons. The Morgan fingerprint density at radius 1 is 1.14 bits per heavy atom. The van der Waals surface area contributed by atoms with E-state index in [0.29, 0.717) is 12.6 Å². The molecule has 1 aliphatic rings. The summed E-state index contributed by atoms with van der Waals surface area (Å²) in [6, 6.07) is 0.499. The van der Waals surface area contributed by atoms with Gasteiger partial charge in [-0.2, -0.15) is 0 Å². The number of primary sulfonamides is 1. The summed E-state index contributed by atoms with van der Waals surface area (Å²) in [6.45, 7) is 0.490. The lowest BCUT2D eigenvalue weighted by atomic mass is 10.1. The maximum atomic E-state index is 10.7. The average molecular weight is 220 g/mol. The van der Waals surface area contributed by atoms with E-state index in [1.165, 1.54) is 38.5 Å². The Bertz CT molecular complexity index is 244. The van der Waals surface area contributed by atoms with Crippen LogP contribution in [0.2, 0.25) is 0 Å². The summed E-state index contributed by atoms with van der Waals surface area (Å²) in [5.74, 6) is 0.0451. The van der Waals surface area contributed by atoms with E-state index in [-0.39, 0.29) is 5.75 Å². The van der Waals surface area contributed by atoms with Gasteiger partial charge in [-0.1, -0.05) is 25.7 Å². The lowest BCUT2D eigenvalue weighted by molar-refractivity contribution is 0.471. The topological polar surface area (TPSA) is 72.2 Å². The molecule has 0 aromatic heterocycles. The van der Waals surface area contributed by atoms with Gasteiger partial charge in [-0.3, -0.25) is 0 Å². The van der Waals surface area contributed by atoms with Crippen molar-refractivity contribution in [3.8, 4) is 0 Å². The fourth-order valence-corrected chi connectivity index (χ4v) is 2.29. The second-order valence-corrected chi connectivity index (χ2v) is 5.74. The van der Waals surface area contributed by atoms with Crippen LogP contribution in [0.1, 0.15) is 38.5 Å². The van der Waals surface area contributed by atoms with E-state index in [9.17, 15) is 8.42 Å². The Morgan fingerprint density at radius 3 is 2.21 bits per heavy atom. The highest BCUT2D eigenvalue weighted by atomic mass is 32.2. The molecule has 14 heavy (non-hydrogen) atoms. The summed E-state index contributed by atoms with van der Waals surface area (Å²) in [6.07, 6.45) is 7.48. The molecule has 0 bridgehead atoms. The summed E-state index contributed by atoms with van der Waals surface area (Å²) in [5.41, 5.74) is 0. The number of hydrogen-bond acceptors (Lipinski definition) is 3. The van der Waals surface area contributed by atoms with Crippen LogP contribution in [0.5, 0.6) is 0 Å². The summed E-state index contributed by atoms with van der Waals surface area (Å²) in [5, 5.41) is 8.17. The second-order valence-electron chi connectivity index (χ2n) is 4.01. The van der Waals surface area contributed by atoms with E-state index in [1.807, 2.05) is 0 Å². The molecule has 0 aromatic rings. The first-order chi connectivity index (χ1) is 6.58. The van der Waals surface area contributed by atoms with Crippen molar-refractivity contribution in [2.24, 2.45) is 5.14 Å². The molecular weight excluding hydrogens is 200 g/mol. The largest absolute Gasteiger partial charge is 0.313 e. The molecule has 0 saturated heterocycles. The SMILES string of the molecule is NS(=O)(=O)CCNC1CCCCCC1. The molecular formula is C9H20N2O2S. The zero-order chi connectivity index (χ0) is 10.4. The Labute approximate surface area is 86.3 Å². The number of sulfonamides is 1. The van der Waals surface area contributed by atoms with Gasteiger partial charge in [0.2, 0.25) is 10.0 Å². The highest BCUT2D eigenvalue weighted by molar-refractivity contribution is 7.89. The third kappa shape index (κ3) is 5.57. The maximum absolute atomic E-state index is 10.7. The van der Waals surface area contributed by atoms with Crippen molar-refractivity contribution >= 4 is 10.0 Å². The van der Waals surface area contributed by atoms with E-state index in [2.05, 4.69) is 5.32 Å². The minimum Gasteiger partial charge on any atom is -0.313 e. The van der Waals surface area contributed by atoms with Crippen molar-refractivity contribution < 1.29 is 8.42 Å². The van der Waals surface area contributed by atoms with Gasteiger partial charge in [0.05, 0.1) is 5.75 Å². The third-order valence-corrected chi connectivity index (χ3v) is 3.45. The van der Waals surface area contributed by atoms with Crippen LogP contribution < -0.4 is 10.5 Å². The Balaban J connectivity index is 2.16. The van der Waals surface area contributed by atoms with Crippen LogP contribution in [0.25, 0.3) is 0 Å². The van der Waals surface area contributed by atoms with Gasteiger partial charge in [-0.25, -0.2) is 13.6 Å². The molecule has 1 rings (SSSR count). The number of nitrogens with two attached hydrogens (primary N) is 1. The van der Waals surface area contributed by atoms with Gasteiger partial charge in [-0.15, -0.1) is 0 Å². The second kappa shape index (κ2) is 5.68. The van der Waals surface area contributed by atoms with Crippen molar-refractivity contribution in [3.63, 3.8) is 0 Å². The summed E-state index contributed by atoms with van der Waals surface area (Å²) in [7, 11) is -3.30. The van der Waals surface area contributed by atoms with Crippen LogP contribution in [-0.2, 0) is 10.0 Å². The van der Waals surface area contributed by atoms with Crippen LogP contribution in [0.3, 0.4) is 0 Å². The van der Waals surface area contributed by atoms with Crippen LogP contribution in [0, 0.1) is 0 Å². The van der Waals surface area contributed by atoms with Crippen molar-refractivity contribution in [1.82, 2.24) is 5.32 Å². The first-order valence-electron chi connectivity index (χ1n) is 5.32. The van der Waals surface area contributed by atoms with Gasteiger partial charge < -0.3 is 5.32 Å². The van der Waals surface area contributed by atoms with Crippen LogP contribution in [0.4, 0.5) is 0 Å². The normalized spacial score (nSPS) is 20.6. The molecule has 0 radical (unpaired) electrons. The molecule has 0 amide bonds. The highest BCUT2D eigenvalue weighted by Gasteiger charge is 2.12. The molecule has 0 aliphatic heterocycles. The minimum absolute atomic E-state index is 0.0451. The van der Waals surface area contributed by atoms with Crippen LogP contribution in [0.15, 0.2) is 0 Å². The predicted octanol–water partition coefficient (Wildman–Crippen LogP) is 0.587. The van der Waals surface area contributed by atoms with Crippen molar-refractivity contribution in [1.29, 1.82) is 0 Å². The molecule has 1 aliphatic carbocycles.